The standard InChI is InChI=1S/C20H23N7O7.Na/c21-20-25-16-15(18(32)26-20)27(9-28)12(8-23-16)7-22-11-3-1-10(2-4-11)17(31)24-13(19(33)34)5-6-14(29)30;/h1-4,9,12-13,22H,5-8H2,(H,24,31)(H,29,30)(H,33,34)(H4,21,23,25,26,32);/q;+1/p-1/t12-,13-;/m0./s1. The van der Waals surface area contributed by atoms with Crippen LogP contribution in [0.4, 0.5) is 23.1 Å². The number of amides is 2. The third-order valence-electron chi connectivity index (χ3n) is 5.11. The molecule has 180 valence electrons. The molecule has 2 aromatic rings. The van der Waals surface area contributed by atoms with Gasteiger partial charge in [0.25, 0.3) is 11.5 Å². The van der Waals surface area contributed by atoms with E-state index in [2.05, 4.69) is 25.9 Å². The molecule has 7 N–H and O–H groups in total. The Morgan fingerprint density at radius 2 is 2.00 bits per heavy atom. The van der Waals surface area contributed by atoms with E-state index in [1.165, 1.54) is 17.0 Å². The number of nitrogen functional groups attached to an aromatic ring is 1. The number of aromatic nitrogens is 2. The van der Waals surface area contributed by atoms with Gasteiger partial charge < -0.3 is 41.6 Å². The number of nitrogens with zero attached hydrogens (tertiary/aromatic N) is 2. The Balaban J connectivity index is 0.00000432. The van der Waals surface area contributed by atoms with Gasteiger partial charge in [-0.2, -0.15) is 4.98 Å². The van der Waals surface area contributed by atoms with Gasteiger partial charge in [0.15, 0.2) is 11.5 Å². The number of carbonyl (C=O) groups is 4. The van der Waals surface area contributed by atoms with Gasteiger partial charge in [-0.15, -0.1) is 0 Å². The van der Waals surface area contributed by atoms with E-state index < -0.39 is 41.9 Å². The number of aliphatic carboxylic acids is 2. The van der Waals surface area contributed by atoms with Gasteiger partial charge in [0.2, 0.25) is 12.4 Å². The molecule has 1 aliphatic rings. The third kappa shape index (κ3) is 6.94. The SMILES string of the molecule is Nc1nc2c(c(=O)[nH]1)N(C=O)[C@@H](CNc1ccc(C(=O)N[C@@H](CCC(=O)[O-])C(=O)O)cc1)CN2.[Na+]. The maximum absolute atomic E-state index is 12.3. The van der Waals surface area contributed by atoms with Gasteiger partial charge in [0.1, 0.15) is 6.04 Å². The largest absolute Gasteiger partial charge is 1.00 e. The van der Waals surface area contributed by atoms with Gasteiger partial charge in [0.05, 0.1) is 6.04 Å². The Morgan fingerprint density at radius 1 is 1.31 bits per heavy atom. The average Bonchev–Trinajstić information content (AvgIpc) is 2.79. The summed E-state index contributed by atoms with van der Waals surface area (Å²) in [4.78, 5) is 65.6. The van der Waals surface area contributed by atoms with E-state index >= 15 is 0 Å². The minimum absolute atomic E-state index is 0. The fraction of sp³-hybridized carbons (Fsp3) is 0.300. The number of nitrogens with two attached hydrogens (primary N) is 1. The van der Waals surface area contributed by atoms with Crippen LogP contribution < -0.4 is 66.8 Å². The molecule has 35 heavy (non-hydrogen) atoms. The van der Waals surface area contributed by atoms with Crippen LogP contribution in [0.2, 0.25) is 0 Å². The Labute approximate surface area is 220 Å². The van der Waals surface area contributed by atoms with E-state index in [0.717, 1.165) is 0 Å². The molecule has 0 aliphatic carbocycles. The Hall–Kier alpha value is -3.62. The fourth-order valence-electron chi connectivity index (χ4n) is 3.39. The Bertz CT molecular complexity index is 1160. The van der Waals surface area contributed by atoms with E-state index in [0.29, 0.717) is 18.6 Å². The number of nitrogens with one attached hydrogen (secondary N) is 4. The van der Waals surface area contributed by atoms with E-state index in [4.69, 9.17) is 10.8 Å². The van der Waals surface area contributed by atoms with Crippen molar-refractivity contribution in [1.82, 2.24) is 15.3 Å². The van der Waals surface area contributed by atoms with Gasteiger partial charge in [-0.25, -0.2) is 4.79 Å². The van der Waals surface area contributed by atoms with Crippen molar-refractivity contribution in [2.75, 3.05) is 34.4 Å². The molecule has 1 aromatic heterocycles. The first-order valence-electron chi connectivity index (χ1n) is 10.1. The van der Waals surface area contributed by atoms with E-state index in [9.17, 15) is 29.1 Å². The molecule has 2 atom stereocenters. The number of carbonyl (C=O) groups excluding carboxylic acids is 3. The molecule has 1 aliphatic heterocycles. The van der Waals surface area contributed by atoms with Crippen molar-refractivity contribution < 1.29 is 58.9 Å². The molecule has 0 bridgehead atoms. The van der Waals surface area contributed by atoms with Crippen LogP contribution in [-0.2, 0) is 14.4 Å². The molecule has 2 heterocycles. The summed E-state index contributed by atoms with van der Waals surface area (Å²) in [7, 11) is 0. The molecular weight excluding hydrogens is 473 g/mol. The van der Waals surface area contributed by atoms with Crippen molar-refractivity contribution in [3.05, 3.63) is 40.2 Å². The van der Waals surface area contributed by atoms with Crippen LogP contribution in [0.15, 0.2) is 29.1 Å². The van der Waals surface area contributed by atoms with Crippen molar-refractivity contribution in [3.63, 3.8) is 0 Å². The van der Waals surface area contributed by atoms with Crippen LogP contribution in [0.1, 0.15) is 23.2 Å². The van der Waals surface area contributed by atoms with Crippen LogP contribution in [0.25, 0.3) is 0 Å². The zero-order chi connectivity index (χ0) is 24.8. The summed E-state index contributed by atoms with van der Waals surface area (Å²) in [5.41, 5.74) is 5.80. The average molecular weight is 495 g/mol. The number of carboxylic acid groups (broad SMARTS) is 2. The topological polar surface area (TPSA) is 223 Å². The van der Waals surface area contributed by atoms with Crippen LogP contribution in [0.3, 0.4) is 0 Å². The first-order valence-corrected chi connectivity index (χ1v) is 10.1. The predicted octanol–water partition coefficient (Wildman–Crippen LogP) is -5.06. The van der Waals surface area contributed by atoms with Gasteiger partial charge in [0, 0.05) is 30.3 Å². The van der Waals surface area contributed by atoms with Crippen LogP contribution in [0, 0.1) is 0 Å². The number of aromatic amines is 1. The van der Waals surface area contributed by atoms with Crippen molar-refractivity contribution in [2.24, 2.45) is 0 Å². The number of carboxylic acids is 2. The molecule has 1 aromatic carbocycles. The predicted molar refractivity (Wildman–Crippen MR) is 118 cm³/mol. The van der Waals surface area contributed by atoms with Crippen LogP contribution in [0.5, 0.6) is 0 Å². The quantitative estimate of drug-likeness (QED) is 0.135. The fourth-order valence-corrected chi connectivity index (χ4v) is 3.39. The van der Waals surface area contributed by atoms with Crippen LogP contribution >= 0.6 is 0 Å². The summed E-state index contributed by atoms with van der Waals surface area (Å²) in [5, 5.41) is 28.0. The maximum atomic E-state index is 12.3. The van der Waals surface area contributed by atoms with Gasteiger partial charge in [-0.05, 0) is 37.1 Å². The number of hydrogen-bond acceptors (Lipinski definition) is 10. The van der Waals surface area contributed by atoms with Gasteiger partial charge >= 0.3 is 35.5 Å². The second-order valence-electron chi connectivity index (χ2n) is 7.43. The van der Waals surface area contributed by atoms with E-state index in [1.54, 1.807) is 12.1 Å². The van der Waals surface area contributed by atoms with Crippen molar-refractivity contribution in [2.45, 2.75) is 24.9 Å². The number of benzene rings is 1. The summed E-state index contributed by atoms with van der Waals surface area (Å²) in [6, 6.07) is 4.27. The second kappa shape index (κ2) is 12.2. The number of H-pyrrole nitrogens is 1. The molecule has 3 rings (SSSR count). The summed E-state index contributed by atoms with van der Waals surface area (Å²) in [6.07, 6.45) is -0.278. The summed E-state index contributed by atoms with van der Waals surface area (Å²) in [5.74, 6) is -3.31. The normalized spacial score (nSPS) is 15.0. The van der Waals surface area contributed by atoms with Crippen LogP contribution in [-0.4, -0.2) is 64.5 Å². The van der Waals surface area contributed by atoms with Crippen molar-refractivity contribution >= 4 is 47.4 Å². The molecule has 2 amide bonds. The monoisotopic (exact) mass is 495 g/mol. The summed E-state index contributed by atoms with van der Waals surface area (Å²) < 4.78 is 0. The molecule has 0 spiro atoms. The van der Waals surface area contributed by atoms with Crippen molar-refractivity contribution in [1.29, 1.82) is 0 Å². The molecule has 14 nitrogen and oxygen atoms in total. The molecule has 0 saturated heterocycles. The van der Waals surface area contributed by atoms with Crippen molar-refractivity contribution in [3.8, 4) is 0 Å². The Morgan fingerprint density at radius 3 is 2.60 bits per heavy atom. The van der Waals surface area contributed by atoms with E-state index in [-0.39, 0.29) is 65.5 Å². The third-order valence-corrected chi connectivity index (χ3v) is 5.11. The molecular formula is C20H22N7NaO7. The maximum Gasteiger partial charge on any atom is 1.00 e. The minimum Gasteiger partial charge on any atom is -0.550 e. The summed E-state index contributed by atoms with van der Waals surface area (Å²) >= 11 is 0. The van der Waals surface area contributed by atoms with E-state index in [1.807, 2.05) is 0 Å². The second-order valence-corrected chi connectivity index (χ2v) is 7.43. The summed E-state index contributed by atoms with van der Waals surface area (Å²) in [6.45, 7) is 0.558. The minimum atomic E-state index is -1.41. The number of rotatable bonds is 10. The zero-order valence-electron chi connectivity index (χ0n) is 18.7. The molecule has 0 saturated carbocycles. The smallest absolute Gasteiger partial charge is 0.550 e. The Kier molecular flexibility index (Phi) is 9.62. The van der Waals surface area contributed by atoms with Gasteiger partial charge in [-0.1, -0.05) is 0 Å². The number of fused-ring (bicyclic) bond motifs is 1. The molecule has 15 heteroatoms. The first kappa shape index (κ1) is 27.6. The number of hydrogen-bond donors (Lipinski definition) is 6. The molecule has 0 fully saturated rings. The first-order chi connectivity index (χ1) is 16.2. The molecule has 0 radical (unpaired) electrons. The van der Waals surface area contributed by atoms with Gasteiger partial charge in [-0.3, -0.25) is 19.4 Å². The molecule has 0 unspecified atom stereocenters. The zero-order valence-corrected chi connectivity index (χ0v) is 20.7. The number of anilines is 4.